The minimum Gasteiger partial charge on any atom is -0.332 e. The molecule has 5 heteroatoms. The van der Waals surface area contributed by atoms with Crippen LogP contribution in [0.15, 0.2) is 60.9 Å². The second-order valence-corrected chi connectivity index (χ2v) is 5.95. The molecule has 1 unspecified atom stereocenters. The SMILES string of the molecule is O=C(c1ccccc1-c1ncn[nH]1)N1CCCC1c1ccccc1. The van der Waals surface area contributed by atoms with E-state index in [9.17, 15) is 4.79 Å². The molecular formula is C19H18N4O. The number of aromatic nitrogens is 3. The van der Waals surface area contributed by atoms with Crippen molar-refractivity contribution in [3.05, 3.63) is 72.1 Å². The Morgan fingerprint density at radius 3 is 2.67 bits per heavy atom. The molecule has 120 valence electrons. The molecule has 2 heterocycles. The number of likely N-dealkylation sites (tertiary alicyclic amines) is 1. The van der Waals surface area contributed by atoms with Crippen molar-refractivity contribution in [2.75, 3.05) is 6.54 Å². The third kappa shape index (κ3) is 2.58. The van der Waals surface area contributed by atoms with E-state index in [1.165, 1.54) is 11.9 Å². The van der Waals surface area contributed by atoms with Crippen molar-refractivity contribution in [2.45, 2.75) is 18.9 Å². The van der Waals surface area contributed by atoms with Crippen LogP contribution >= 0.6 is 0 Å². The maximum Gasteiger partial charge on any atom is 0.255 e. The summed E-state index contributed by atoms with van der Waals surface area (Å²) in [6, 6.07) is 18.0. The number of benzene rings is 2. The highest BCUT2D eigenvalue weighted by Crippen LogP contribution is 2.34. The lowest BCUT2D eigenvalue weighted by atomic mass is 10.0. The second kappa shape index (κ2) is 6.28. The Morgan fingerprint density at radius 1 is 1.08 bits per heavy atom. The van der Waals surface area contributed by atoms with Gasteiger partial charge in [-0.25, -0.2) is 4.98 Å². The number of hydrogen-bond acceptors (Lipinski definition) is 3. The van der Waals surface area contributed by atoms with Crippen LogP contribution in [0.1, 0.15) is 34.8 Å². The summed E-state index contributed by atoms with van der Waals surface area (Å²) in [7, 11) is 0. The minimum absolute atomic E-state index is 0.0494. The number of rotatable bonds is 3. The molecule has 2 aromatic carbocycles. The number of carbonyl (C=O) groups excluding carboxylic acids is 1. The lowest BCUT2D eigenvalue weighted by molar-refractivity contribution is 0.0736. The molecule has 1 fully saturated rings. The van der Waals surface area contributed by atoms with Gasteiger partial charge in [-0.15, -0.1) is 0 Å². The summed E-state index contributed by atoms with van der Waals surface area (Å²) < 4.78 is 0. The van der Waals surface area contributed by atoms with Gasteiger partial charge in [0.25, 0.3) is 5.91 Å². The van der Waals surface area contributed by atoms with E-state index in [-0.39, 0.29) is 11.9 Å². The zero-order valence-electron chi connectivity index (χ0n) is 13.2. The molecule has 0 spiro atoms. The molecule has 5 nitrogen and oxygen atoms in total. The first-order valence-corrected chi connectivity index (χ1v) is 8.15. The third-order valence-corrected chi connectivity index (χ3v) is 4.53. The summed E-state index contributed by atoms with van der Waals surface area (Å²) in [5.41, 5.74) is 2.65. The second-order valence-electron chi connectivity index (χ2n) is 5.95. The van der Waals surface area contributed by atoms with Crippen LogP contribution in [-0.2, 0) is 0 Å². The van der Waals surface area contributed by atoms with Crippen molar-refractivity contribution in [1.82, 2.24) is 20.1 Å². The molecular weight excluding hydrogens is 300 g/mol. The van der Waals surface area contributed by atoms with Gasteiger partial charge in [0, 0.05) is 12.1 Å². The molecule has 0 saturated carbocycles. The number of H-pyrrole nitrogens is 1. The normalized spacial score (nSPS) is 17.2. The fourth-order valence-electron chi connectivity index (χ4n) is 3.40. The van der Waals surface area contributed by atoms with E-state index >= 15 is 0 Å². The average molecular weight is 318 g/mol. The number of carbonyl (C=O) groups is 1. The molecule has 24 heavy (non-hydrogen) atoms. The van der Waals surface area contributed by atoms with Crippen LogP contribution in [0.5, 0.6) is 0 Å². The van der Waals surface area contributed by atoms with E-state index in [2.05, 4.69) is 27.3 Å². The number of aromatic amines is 1. The highest BCUT2D eigenvalue weighted by atomic mass is 16.2. The van der Waals surface area contributed by atoms with Crippen LogP contribution in [0.4, 0.5) is 0 Å². The molecule has 1 aromatic heterocycles. The molecule has 0 bridgehead atoms. The number of nitrogens with one attached hydrogen (secondary N) is 1. The highest BCUT2D eigenvalue weighted by Gasteiger charge is 2.31. The van der Waals surface area contributed by atoms with Crippen LogP contribution in [0.3, 0.4) is 0 Å². The van der Waals surface area contributed by atoms with E-state index in [1.54, 1.807) is 0 Å². The maximum atomic E-state index is 13.2. The predicted molar refractivity (Wildman–Crippen MR) is 91.3 cm³/mol. The average Bonchev–Trinajstić information content (AvgIpc) is 3.33. The molecule has 1 atom stereocenters. The summed E-state index contributed by atoms with van der Waals surface area (Å²) in [5, 5.41) is 6.75. The lowest BCUT2D eigenvalue weighted by Crippen LogP contribution is -2.31. The lowest BCUT2D eigenvalue weighted by Gasteiger charge is -2.26. The molecule has 0 radical (unpaired) electrons. The van der Waals surface area contributed by atoms with Crippen LogP contribution in [0.25, 0.3) is 11.4 Å². The summed E-state index contributed by atoms with van der Waals surface area (Å²) >= 11 is 0. The first-order valence-electron chi connectivity index (χ1n) is 8.15. The Labute approximate surface area is 140 Å². The van der Waals surface area contributed by atoms with Gasteiger partial charge < -0.3 is 4.90 Å². The molecule has 4 rings (SSSR count). The minimum atomic E-state index is 0.0494. The maximum absolute atomic E-state index is 13.2. The summed E-state index contributed by atoms with van der Waals surface area (Å²) in [5.74, 6) is 0.669. The van der Waals surface area contributed by atoms with Crippen LogP contribution in [-0.4, -0.2) is 32.5 Å². The Balaban J connectivity index is 1.69. The van der Waals surface area contributed by atoms with Gasteiger partial charge in [0.05, 0.1) is 11.6 Å². The fourth-order valence-corrected chi connectivity index (χ4v) is 3.40. The fraction of sp³-hybridized carbons (Fsp3) is 0.211. The summed E-state index contributed by atoms with van der Waals surface area (Å²) in [6.45, 7) is 0.781. The Hall–Kier alpha value is -2.95. The van der Waals surface area contributed by atoms with Crippen molar-refractivity contribution in [3.63, 3.8) is 0 Å². The van der Waals surface area contributed by atoms with Crippen molar-refractivity contribution in [2.24, 2.45) is 0 Å². The largest absolute Gasteiger partial charge is 0.332 e. The Morgan fingerprint density at radius 2 is 1.88 bits per heavy atom. The molecule has 1 amide bonds. The first-order chi connectivity index (χ1) is 11.8. The molecule has 1 aliphatic heterocycles. The van der Waals surface area contributed by atoms with Crippen molar-refractivity contribution >= 4 is 5.91 Å². The van der Waals surface area contributed by atoms with Gasteiger partial charge in [-0.1, -0.05) is 48.5 Å². The molecule has 1 aliphatic rings. The molecule has 3 aromatic rings. The van der Waals surface area contributed by atoms with Gasteiger partial charge in [-0.05, 0) is 24.5 Å². The van der Waals surface area contributed by atoms with E-state index in [1.807, 2.05) is 47.4 Å². The monoisotopic (exact) mass is 318 g/mol. The third-order valence-electron chi connectivity index (χ3n) is 4.53. The van der Waals surface area contributed by atoms with Gasteiger partial charge in [0.1, 0.15) is 6.33 Å². The topological polar surface area (TPSA) is 61.9 Å². The standard InChI is InChI=1S/C19H18N4O/c24-19(16-10-5-4-9-15(16)18-20-13-21-22-18)23-12-6-11-17(23)14-7-2-1-3-8-14/h1-5,7-10,13,17H,6,11-12H2,(H,20,21,22). The first kappa shape index (κ1) is 14.6. The van der Waals surface area contributed by atoms with E-state index in [0.717, 1.165) is 24.9 Å². The molecule has 1 saturated heterocycles. The Bertz CT molecular complexity index is 830. The van der Waals surface area contributed by atoms with Gasteiger partial charge in [-0.3, -0.25) is 9.89 Å². The molecule has 1 N–H and O–H groups in total. The van der Waals surface area contributed by atoms with Gasteiger partial charge in [0.2, 0.25) is 0 Å². The predicted octanol–water partition coefficient (Wildman–Crippen LogP) is 3.45. The van der Waals surface area contributed by atoms with E-state index in [0.29, 0.717) is 11.4 Å². The number of hydrogen-bond donors (Lipinski definition) is 1. The zero-order chi connectivity index (χ0) is 16.4. The Kier molecular flexibility index (Phi) is 3.83. The quantitative estimate of drug-likeness (QED) is 0.804. The number of nitrogens with zero attached hydrogens (tertiary/aromatic N) is 3. The smallest absolute Gasteiger partial charge is 0.255 e. The molecule has 0 aliphatic carbocycles. The number of amides is 1. The van der Waals surface area contributed by atoms with Gasteiger partial charge in [-0.2, -0.15) is 5.10 Å². The highest BCUT2D eigenvalue weighted by molar-refractivity contribution is 6.00. The van der Waals surface area contributed by atoms with Crippen molar-refractivity contribution in [3.8, 4) is 11.4 Å². The van der Waals surface area contributed by atoms with Crippen molar-refractivity contribution < 1.29 is 4.79 Å². The summed E-state index contributed by atoms with van der Waals surface area (Å²) in [4.78, 5) is 19.4. The zero-order valence-corrected chi connectivity index (χ0v) is 13.2. The van der Waals surface area contributed by atoms with Crippen LogP contribution in [0.2, 0.25) is 0 Å². The van der Waals surface area contributed by atoms with E-state index < -0.39 is 0 Å². The van der Waals surface area contributed by atoms with Gasteiger partial charge in [0.15, 0.2) is 5.82 Å². The van der Waals surface area contributed by atoms with Crippen LogP contribution < -0.4 is 0 Å². The summed E-state index contributed by atoms with van der Waals surface area (Å²) in [6.07, 6.45) is 3.48. The van der Waals surface area contributed by atoms with E-state index in [4.69, 9.17) is 0 Å². The van der Waals surface area contributed by atoms with Crippen molar-refractivity contribution in [1.29, 1.82) is 0 Å². The van der Waals surface area contributed by atoms with Gasteiger partial charge >= 0.3 is 0 Å². The van der Waals surface area contributed by atoms with Crippen LogP contribution in [0, 0.1) is 0 Å².